The fourth-order valence-electron chi connectivity index (χ4n) is 2.94. The number of nitrogens with one attached hydrogen (secondary N) is 4. The molecule has 0 unspecified atom stereocenters. The van der Waals surface area contributed by atoms with Crippen LogP contribution in [0.4, 0.5) is 11.4 Å². The first kappa shape index (κ1) is 25.7. The van der Waals surface area contributed by atoms with Gasteiger partial charge in [0, 0.05) is 35.0 Å². The molecular weight excluding hydrogens is 482 g/mol. The molecule has 0 saturated heterocycles. The number of nitro benzene ring substituents is 1. The number of aryl methyl sites for hydroxylation is 1. The van der Waals surface area contributed by atoms with Crippen LogP contribution >= 0.6 is 12.2 Å². The predicted molar refractivity (Wildman–Crippen MR) is 139 cm³/mol. The van der Waals surface area contributed by atoms with E-state index < -0.39 is 16.7 Å². The van der Waals surface area contributed by atoms with Crippen LogP contribution in [0.25, 0.3) is 6.08 Å². The predicted octanol–water partition coefficient (Wildman–Crippen LogP) is 3.50. The zero-order chi connectivity index (χ0) is 26.1. The van der Waals surface area contributed by atoms with Gasteiger partial charge in [0.15, 0.2) is 5.11 Å². The van der Waals surface area contributed by atoms with Crippen molar-refractivity contribution in [1.29, 1.82) is 0 Å². The SMILES string of the molecule is Cc1cccc(C(=O)Nc2ccc(C(=O)NNC(=S)NC(=O)/C=C/c3ccc([N+](=O)[O-])cc3)cc2)c1. The van der Waals surface area contributed by atoms with E-state index in [1.54, 1.807) is 30.3 Å². The molecule has 3 rings (SSSR count). The van der Waals surface area contributed by atoms with E-state index in [1.165, 1.54) is 48.6 Å². The van der Waals surface area contributed by atoms with E-state index in [9.17, 15) is 24.5 Å². The van der Waals surface area contributed by atoms with Crippen LogP contribution in [0.1, 0.15) is 31.8 Å². The lowest BCUT2D eigenvalue weighted by Crippen LogP contribution is -2.48. The summed E-state index contributed by atoms with van der Waals surface area (Å²) in [4.78, 5) is 46.8. The first-order chi connectivity index (χ1) is 17.2. The molecule has 0 atom stereocenters. The Morgan fingerprint density at radius 2 is 1.58 bits per heavy atom. The highest BCUT2D eigenvalue weighted by molar-refractivity contribution is 7.80. The summed E-state index contributed by atoms with van der Waals surface area (Å²) in [5.74, 6) is -1.33. The molecular formula is C25H21N5O5S. The highest BCUT2D eigenvalue weighted by atomic mass is 32.1. The molecule has 0 aliphatic rings. The Bertz CT molecular complexity index is 1340. The van der Waals surface area contributed by atoms with Crippen molar-refractivity contribution in [1.82, 2.24) is 16.2 Å². The summed E-state index contributed by atoms with van der Waals surface area (Å²) >= 11 is 4.98. The molecule has 182 valence electrons. The van der Waals surface area contributed by atoms with Crippen LogP contribution in [0.5, 0.6) is 0 Å². The van der Waals surface area contributed by atoms with Gasteiger partial charge in [-0.05, 0) is 79.3 Å². The number of benzene rings is 3. The Balaban J connectivity index is 1.45. The van der Waals surface area contributed by atoms with E-state index in [2.05, 4.69) is 21.5 Å². The van der Waals surface area contributed by atoms with Crippen molar-refractivity contribution in [3.63, 3.8) is 0 Å². The third-order valence-corrected chi connectivity index (χ3v) is 4.95. The number of nitrogens with zero attached hydrogens (tertiary/aromatic N) is 1. The Hall–Kier alpha value is -4.90. The van der Waals surface area contributed by atoms with Crippen molar-refractivity contribution in [2.24, 2.45) is 0 Å². The maximum Gasteiger partial charge on any atom is 0.269 e. The monoisotopic (exact) mass is 503 g/mol. The summed E-state index contributed by atoms with van der Waals surface area (Å²) in [6, 6.07) is 19.1. The van der Waals surface area contributed by atoms with Crippen molar-refractivity contribution in [3.8, 4) is 0 Å². The highest BCUT2D eigenvalue weighted by Gasteiger charge is 2.09. The summed E-state index contributed by atoms with van der Waals surface area (Å²) in [5, 5.41) is 15.7. The molecule has 0 aliphatic carbocycles. The highest BCUT2D eigenvalue weighted by Crippen LogP contribution is 2.13. The summed E-state index contributed by atoms with van der Waals surface area (Å²) in [6.45, 7) is 1.90. The fourth-order valence-corrected chi connectivity index (χ4v) is 3.10. The third kappa shape index (κ3) is 7.57. The second kappa shape index (κ2) is 12.0. The number of carbonyl (C=O) groups is 3. The van der Waals surface area contributed by atoms with E-state index in [1.807, 2.05) is 13.0 Å². The molecule has 0 spiro atoms. The van der Waals surface area contributed by atoms with Crippen molar-refractivity contribution in [2.45, 2.75) is 6.92 Å². The lowest BCUT2D eigenvalue weighted by Gasteiger charge is -2.10. The third-order valence-electron chi connectivity index (χ3n) is 4.74. The zero-order valence-corrected chi connectivity index (χ0v) is 19.8. The van der Waals surface area contributed by atoms with E-state index in [0.717, 1.165) is 5.56 Å². The largest absolute Gasteiger partial charge is 0.322 e. The van der Waals surface area contributed by atoms with Crippen LogP contribution < -0.4 is 21.5 Å². The van der Waals surface area contributed by atoms with E-state index in [-0.39, 0.29) is 16.7 Å². The van der Waals surface area contributed by atoms with Gasteiger partial charge in [-0.3, -0.25) is 40.7 Å². The average Bonchev–Trinajstić information content (AvgIpc) is 2.86. The Kier molecular flexibility index (Phi) is 8.57. The van der Waals surface area contributed by atoms with E-state index in [0.29, 0.717) is 22.4 Å². The number of rotatable bonds is 6. The van der Waals surface area contributed by atoms with E-state index in [4.69, 9.17) is 12.2 Å². The van der Waals surface area contributed by atoms with Crippen LogP contribution in [0.2, 0.25) is 0 Å². The molecule has 10 nitrogen and oxygen atoms in total. The van der Waals surface area contributed by atoms with Crippen LogP contribution in [0.3, 0.4) is 0 Å². The molecule has 3 aromatic rings. The number of amides is 3. The molecule has 0 radical (unpaired) electrons. The van der Waals surface area contributed by atoms with Crippen LogP contribution in [0.15, 0.2) is 78.9 Å². The summed E-state index contributed by atoms with van der Waals surface area (Å²) in [7, 11) is 0. The maximum atomic E-state index is 12.3. The van der Waals surface area contributed by atoms with Crippen LogP contribution in [0, 0.1) is 17.0 Å². The molecule has 11 heteroatoms. The molecule has 0 fully saturated rings. The minimum Gasteiger partial charge on any atom is -0.322 e. The van der Waals surface area contributed by atoms with Gasteiger partial charge in [-0.2, -0.15) is 0 Å². The van der Waals surface area contributed by atoms with Gasteiger partial charge in [-0.25, -0.2) is 0 Å². The van der Waals surface area contributed by atoms with Gasteiger partial charge in [-0.1, -0.05) is 17.7 Å². The molecule has 4 N–H and O–H groups in total. The summed E-state index contributed by atoms with van der Waals surface area (Å²) < 4.78 is 0. The number of hydrazine groups is 1. The summed E-state index contributed by atoms with van der Waals surface area (Å²) in [6.07, 6.45) is 2.65. The normalized spacial score (nSPS) is 10.4. The van der Waals surface area contributed by atoms with Gasteiger partial charge in [0.25, 0.3) is 17.5 Å². The van der Waals surface area contributed by atoms with Gasteiger partial charge >= 0.3 is 0 Å². The number of thiocarbonyl (C=S) groups is 1. The second-order valence-electron chi connectivity index (χ2n) is 7.48. The fraction of sp³-hybridized carbons (Fsp3) is 0.0400. The van der Waals surface area contributed by atoms with Crippen LogP contribution in [-0.4, -0.2) is 27.8 Å². The van der Waals surface area contributed by atoms with Gasteiger partial charge in [0.05, 0.1) is 4.92 Å². The van der Waals surface area contributed by atoms with Gasteiger partial charge in [-0.15, -0.1) is 0 Å². The van der Waals surface area contributed by atoms with Crippen molar-refractivity contribution >= 4 is 52.5 Å². The topological polar surface area (TPSA) is 142 Å². The van der Waals surface area contributed by atoms with Gasteiger partial charge < -0.3 is 5.32 Å². The standard InChI is InChI=1S/C25H21N5O5S/c1-16-3-2-4-19(15-16)23(32)26-20-10-8-18(9-11-20)24(33)28-29-25(36)27-22(31)14-7-17-5-12-21(13-6-17)30(34)35/h2-15H,1H3,(H,26,32)(H,28,33)(H2,27,29,31,36)/b14-7+. The van der Waals surface area contributed by atoms with E-state index >= 15 is 0 Å². The Labute approximate surface area is 211 Å². The van der Waals surface area contributed by atoms with Crippen molar-refractivity contribution < 1.29 is 19.3 Å². The van der Waals surface area contributed by atoms with Gasteiger partial charge in [0.1, 0.15) is 0 Å². The number of non-ortho nitro benzene ring substituents is 1. The number of hydrogen-bond acceptors (Lipinski definition) is 6. The second-order valence-corrected chi connectivity index (χ2v) is 7.89. The molecule has 3 amide bonds. The van der Waals surface area contributed by atoms with Crippen molar-refractivity contribution in [3.05, 3.63) is 111 Å². The zero-order valence-electron chi connectivity index (χ0n) is 19.0. The number of nitro groups is 1. The Morgan fingerprint density at radius 3 is 2.22 bits per heavy atom. The number of hydrogen-bond donors (Lipinski definition) is 4. The minimum absolute atomic E-state index is 0.0561. The van der Waals surface area contributed by atoms with Gasteiger partial charge in [0.2, 0.25) is 5.91 Å². The lowest BCUT2D eigenvalue weighted by molar-refractivity contribution is -0.384. The lowest BCUT2D eigenvalue weighted by atomic mass is 10.1. The average molecular weight is 504 g/mol. The number of carbonyl (C=O) groups excluding carboxylic acids is 3. The first-order valence-electron chi connectivity index (χ1n) is 10.5. The Morgan fingerprint density at radius 1 is 0.889 bits per heavy atom. The molecule has 0 heterocycles. The molecule has 0 aliphatic heterocycles. The quantitative estimate of drug-likeness (QED) is 0.174. The number of anilines is 1. The minimum atomic E-state index is -0.561. The van der Waals surface area contributed by atoms with Crippen LogP contribution in [-0.2, 0) is 4.79 Å². The molecule has 0 aromatic heterocycles. The maximum absolute atomic E-state index is 12.3. The molecule has 0 saturated carbocycles. The molecule has 3 aromatic carbocycles. The summed E-state index contributed by atoms with van der Waals surface area (Å²) in [5.41, 5.74) is 7.63. The smallest absolute Gasteiger partial charge is 0.269 e. The first-order valence-corrected chi connectivity index (χ1v) is 10.9. The molecule has 0 bridgehead atoms. The van der Waals surface area contributed by atoms with Crippen molar-refractivity contribution in [2.75, 3.05) is 5.32 Å². The molecule has 36 heavy (non-hydrogen) atoms.